The minimum absolute atomic E-state index is 0.572. The van der Waals surface area contributed by atoms with Crippen molar-refractivity contribution in [2.45, 2.75) is 48.7 Å². The third-order valence-electron chi connectivity index (χ3n) is 3.03. The number of carbonyl (C=O) groups is 1. The predicted octanol–water partition coefficient (Wildman–Crippen LogP) is 3.80. The molecule has 0 radical (unpaired) electrons. The number of unbranched alkanes of at least 4 members (excludes halogenated alkanes) is 2. The van der Waals surface area contributed by atoms with Gasteiger partial charge in [0.25, 0.3) is 0 Å². The second-order valence-electron chi connectivity index (χ2n) is 4.24. The van der Waals surface area contributed by atoms with E-state index >= 15 is 0 Å². The molecule has 4 heteroatoms. The average molecular weight is 256 g/mol. The quantitative estimate of drug-likeness (QED) is 0.814. The number of carboxylic acids is 1. The van der Waals surface area contributed by atoms with E-state index in [4.69, 9.17) is 0 Å². The van der Waals surface area contributed by atoms with Crippen LogP contribution in [0.1, 0.15) is 37.5 Å². The van der Waals surface area contributed by atoms with Crippen LogP contribution in [0.25, 0.3) is 0 Å². The lowest BCUT2D eigenvalue weighted by molar-refractivity contribution is -0.140. The highest BCUT2D eigenvalue weighted by Gasteiger charge is 2.45. The average Bonchev–Trinajstić information content (AvgIpc) is 2.76. The van der Waals surface area contributed by atoms with Crippen LogP contribution in [0.5, 0.6) is 0 Å². The van der Waals surface area contributed by atoms with Crippen molar-refractivity contribution < 1.29 is 9.90 Å². The molecule has 1 atom stereocenters. The van der Waals surface area contributed by atoms with Crippen LogP contribution in [0.15, 0.2) is 16.3 Å². The Morgan fingerprint density at radius 3 is 3.00 bits per heavy atom. The third kappa shape index (κ3) is 2.13. The molecular formula is C12H16O2S2. The van der Waals surface area contributed by atoms with Gasteiger partial charge in [-0.3, -0.25) is 4.79 Å². The van der Waals surface area contributed by atoms with Crippen LogP contribution in [0.4, 0.5) is 0 Å². The maximum atomic E-state index is 11.5. The summed E-state index contributed by atoms with van der Waals surface area (Å²) in [5, 5.41) is 11.5. The van der Waals surface area contributed by atoms with Crippen LogP contribution < -0.4 is 0 Å². The lowest BCUT2D eigenvalue weighted by Gasteiger charge is -2.22. The molecule has 0 bridgehead atoms. The first-order valence-electron chi connectivity index (χ1n) is 5.67. The van der Waals surface area contributed by atoms with Crippen LogP contribution in [-0.2, 0) is 11.2 Å². The van der Waals surface area contributed by atoms with Gasteiger partial charge in [0.2, 0.25) is 0 Å². The van der Waals surface area contributed by atoms with Crippen molar-refractivity contribution in [3.05, 3.63) is 16.3 Å². The largest absolute Gasteiger partial charge is 0.480 e. The van der Waals surface area contributed by atoms with E-state index in [9.17, 15) is 9.90 Å². The summed E-state index contributed by atoms with van der Waals surface area (Å²) in [4.78, 5) is 13.9. The molecule has 88 valence electrons. The Labute approximate surface area is 104 Å². The molecule has 0 saturated heterocycles. The Morgan fingerprint density at radius 1 is 1.56 bits per heavy atom. The smallest absolute Gasteiger partial charge is 0.320 e. The number of thioether (sulfide) groups is 1. The van der Waals surface area contributed by atoms with E-state index in [-0.39, 0.29) is 0 Å². The summed E-state index contributed by atoms with van der Waals surface area (Å²) in [7, 11) is 0. The van der Waals surface area contributed by atoms with E-state index in [1.165, 1.54) is 9.77 Å². The number of rotatable bonds is 5. The fourth-order valence-corrected chi connectivity index (χ4v) is 4.70. The van der Waals surface area contributed by atoms with Gasteiger partial charge in [-0.1, -0.05) is 26.2 Å². The van der Waals surface area contributed by atoms with E-state index in [1.807, 2.05) is 0 Å². The van der Waals surface area contributed by atoms with Crippen LogP contribution in [-0.4, -0.2) is 15.8 Å². The first kappa shape index (κ1) is 12.0. The summed E-state index contributed by atoms with van der Waals surface area (Å²) >= 11 is 3.25. The Kier molecular flexibility index (Phi) is 3.60. The van der Waals surface area contributed by atoms with Crippen molar-refractivity contribution in [1.82, 2.24) is 0 Å². The first-order chi connectivity index (χ1) is 7.68. The maximum absolute atomic E-state index is 11.5. The molecule has 1 aliphatic rings. The number of fused-ring (bicyclic) bond motifs is 1. The lowest BCUT2D eigenvalue weighted by Crippen LogP contribution is -2.34. The van der Waals surface area contributed by atoms with Gasteiger partial charge in [-0.25, -0.2) is 0 Å². The summed E-state index contributed by atoms with van der Waals surface area (Å²) in [6.07, 6.45) is 4.79. The molecule has 0 aromatic carbocycles. The van der Waals surface area contributed by atoms with Gasteiger partial charge >= 0.3 is 5.97 Å². The van der Waals surface area contributed by atoms with Crippen molar-refractivity contribution in [3.8, 4) is 0 Å². The number of aliphatic carboxylic acids is 1. The second-order valence-corrected chi connectivity index (χ2v) is 6.67. The van der Waals surface area contributed by atoms with E-state index in [2.05, 4.69) is 18.4 Å². The van der Waals surface area contributed by atoms with E-state index in [0.29, 0.717) is 6.42 Å². The molecule has 0 aliphatic carbocycles. The lowest BCUT2D eigenvalue weighted by atomic mass is 9.96. The molecule has 0 saturated carbocycles. The molecule has 2 heterocycles. The standard InChI is InChI=1S/C12H16O2S2/c1-2-3-4-6-12(11(13)14)8-10-9(16-12)5-7-15-10/h5,7H,2-4,6,8H2,1H3,(H,13,14). The Bertz CT molecular complexity index is 364. The normalized spacial score (nSPS) is 23.3. The van der Waals surface area contributed by atoms with Crippen molar-refractivity contribution >= 4 is 29.1 Å². The molecule has 0 spiro atoms. The van der Waals surface area contributed by atoms with Gasteiger partial charge in [-0.2, -0.15) is 0 Å². The Balaban J connectivity index is 2.08. The zero-order chi connectivity index (χ0) is 11.6. The minimum atomic E-state index is -0.642. The van der Waals surface area contributed by atoms with Gasteiger partial charge in [0.1, 0.15) is 4.75 Å². The highest BCUT2D eigenvalue weighted by atomic mass is 32.2. The molecule has 16 heavy (non-hydrogen) atoms. The molecule has 1 aromatic rings. The van der Waals surface area contributed by atoms with Gasteiger partial charge in [0.15, 0.2) is 0 Å². The fraction of sp³-hybridized carbons (Fsp3) is 0.583. The topological polar surface area (TPSA) is 37.3 Å². The van der Waals surface area contributed by atoms with Crippen molar-refractivity contribution in [3.63, 3.8) is 0 Å². The predicted molar refractivity (Wildman–Crippen MR) is 68.4 cm³/mol. The Morgan fingerprint density at radius 2 is 2.38 bits per heavy atom. The van der Waals surface area contributed by atoms with Crippen LogP contribution in [0.3, 0.4) is 0 Å². The number of hydrogen-bond acceptors (Lipinski definition) is 3. The summed E-state index contributed by atoms with van der Waals surface area (Å²) in [5.74, 6) is -0.642. The summed E-state index contributed by atoms with van der Waals surface area (Å²) in [5.41, 5.74) is 0. The highest BCUT2D eigenvalue weighted by Crippen LogP contribution is 2.50. The van der Waals surface area contributed by atoms with Crippen LogP contribution >= 0.6 is 23.1 Å². The van der Waals surface area contributed by atoms with Gasteiger partial charge in [0.05, 0.1) is 0 Å². The highest BCUT2D eigenvalue weighted by molar-refractivity contribution is 8.02. The fourth-order valence-electron chi connectivity index (χ4n) is 2.08. The molecule has 0 amide bonds. The third-order valence-corrected chi connectivity index (χ3v) is 5.60. The monoisotopic (exact) mass is 256 g/mol. The van der Waals surface area contributed by atoms with Crippen molar-refractivity contribution in [1.29, 1.82) is 0 Å². The van der Waals surface area contributed by atoms with Crippen LogP contribution in [0.2, 0.25) is 0 Å². The number of thiophene rings is 1. The van der Waals surface area contributed by atoms with Gasteiger partial charge in [0, 0.05) is 16.2 Å². The number of hydrogen-bond donors (Lipinski definition) is 1. The molecule has 1 N–H and O–H groups in total. The zero-order valence-electron chi connectivity index (χ0n) is 9.36. The molecule has 2 nitrogen and oxygen atoms in total. The number of carboxylic acid groups (broad SMARTS) is 1. The molecule has 0 fully saturated rings. The Hall–Kier alpha value is -0.480. The van der Waals surface area contributed by atoms with Crippen LogP contribution in [0, 0.1) is 0 Å². The van der Waals surface area contributed by atoms with Crippen molar-refractivity contribution in [2.75, 3.05) is 0 Å². The molecule has 2 rings (SSSR count). The van der Waals surface area contributed by atoms with Gasteiger partial charge in [-0.15, -0.1) is 23.1 Å². The van der Waals surface area contributed by atoms with E-state index in [0.717, 1.165) is 25.7 Å². The summed E-state index contributed by atoms with van der Waals surface area (Å²) in [6.45, 7) is 2.14. The molecule has 1 aliphatic heterocycles. The maximum Gasteiger partial charge on any atom is 0.320 e. The van der Waals surface area contributed by atoms with Gasteiger partial charge in [-0.05, 0) is 17.9 Å². The van der Waals surface area contributed by atoms with E-state index in [1.54, 1.807) is 23.1 Å². The minimum Gasteiger partial charge on any atom is -0.480 e. The first-order valence-corrected chi connectivity index (χ1v) is 7.36. The van der Waals surface area contributed by atoms with Gasteiger partial charge < -0.3 is 5.11 Å². The van der Waals surface area contributed by atoms with Crippen molar-refractivity contribution in [2.24, 2.45) is 0 Å². The second kappa shape index (κ2) is 4.80. The molecule has 1 aromatic heterocycles. The molecule has 1 unspecified atom stereocenters. The van der Waals surface area contributed by atoms with E-state index < -0.39 is 10.7 Å². The summed E-state index contributed by atoms with van der Waals surface area (Å²) < 4.78 is -0.572. The molecular weight excluding hydrogens is 240 g/mol. The SMILES string of the molecule is CCCCCC1(C(=O)O)Cc2sccc2S1. The zero-order valence-corrected chi connectivity index (χ0v) is 11.0. The summed E-state index contributed by atoms with van der Waals surface area (Å²) in [6, 6.07) is 2.05.